The maximum atomic E-state index is 9.04. The third-order valence-electron chi connectivity index (χ3n) is 2.67. The fourth-order valence-electron chi connectivity index (χ4n) is 1.45. The van der Waals surface area contributed by atoms with E-state index in [1.54, 1.807) is 17.4 Å². The highest BCUT2D eigenvalue weighted by molar-refractivity contribution is 7.10. The Kier molecular flexibility index (Phi) is 4.37. The average Bonchev–Trinajstić information content (AvgIpc) is 3.05. The fraction of sp³-hybridized carbons (Fsp3) is 0.286. The zero-order valence-electron chi connectivity index (χ0n) is 10.9. The molecule has 98 valence electrons. The molecule has 0 unspecified atom stereocenters. The molecule has 0 fully saturated rings. The van der Waals surface area contributed by atoms with Gasteiger partial charge in [0.25, 0.3) is 0 Å². The van der Waals surface area contributed by atoms with E-state index in [2.05, 4.69) is 17.2 Å². The summed E-state index contributed by atoms with van der Waals surface area (Å²) in [5.74, 6) is 0.887. The van der Waals surface area contributed by atoms with E-state index in [0.29, 0.717) is 17.5 Å². The maximum Gasteiger partial charge on any atom is 0.232 e. The average molecular weight is 273 g/mol. The molecule has 0 spiro atoms. The van der Waals surface area contributed by atoms with Crippen molar-refractivity contribution in [1.82, 2.24) is 4.98 Å². The summed E-state index contributed by atoms with van der Waals surface area (Å²) in [5.41, 5.74) is 0.297. The molecule has 0 radical (unpaired) electrons. The summed E-state index contributed by atoms with van der Waals surface area (Å²) in [7, 11) is 0. The Balaban J connectivity index is 2.17. The highest BCUT2D eigenvalue weighted by Gasteiger charge is 2.12. The molecule has 4 nitrogen and oxygen atoms in total. The van der Waals surface area contributed by atoms with Gasteiger partial charge in [0.15, 0.2) is 0 Å². The van der Waals surface area contributed by atoms with Crippen molar-refractivity contribution in [2.24, 2.45) is 0 Å². The zero-order valence-corrected chi connectivity index (χ0v) is 11.7. The molecule has 0 saturated carbocycles. The van der Waals surface area contributed by atoms with E-state index in [4.69, 9.17) is 9.68 Å². The number of thiophene rings is 1. The van der Waals surface area contributed by atoms with Crippen LogP contribution in [-0.4, -0.2) is 11.0 Å². The van der Waals surface area contributed by atoms with E-state index in [1.165, 1.54) is 0 Å². The van der Waals surface area contributed by atoms with Crippen LogP contribution in [-0.2, 0) is 0 Å². The number of oxazole rings is 1. The van der Waals surface area contributed by atoms with E-state index in [0.717, 1.165) is 11.3 Å². The lowest BCUT2D eigenvalue weighted by Gasteiger charge is -2.08. The molecule has 1 N–H and O–H groups in total. The Labute approximate surface area is 116 Å². The van der Waals surface area contributed by atoms with Crippen LogP contribution in [0.3, 0.4) is 0 Å². The Hall–Kier alpha value is -2.06. The third-order valence-corrected chi connectivity index (χ3v) is 3.51. The minimum absolute atomic E-state index is 0.245. The molecule has 0 amide bonds. The van der Waals surface area contributed by atoms with Crippen LogP contribution in [0.4, 0.5) is 5.88 Å². The van der Waals surface area contributed by atoms with Gasteiger partial charge < -0.3 is 9.73 Å². The molecule has 0 aromatic carbocycles. The van der Waals surface area contributed by atoms with E-state index >= 15 is 0 Å². The lowest BCUT2D eigenvalue weighted by molar-refractivity contribution is 0.548. The quantitative estimate of drug-likeness (QED) is 0.894. The first-order chi connectivity index (χ1) is 9.22. The molecule has 0 saturated heterocycles. The van der Waals surface area contributed by atoms with Gasteiger partial charge in [0.2, 0.25) is 17.5 Å². The minimum Gasteiger partial charge on any atom is -0.420 e. The fourth-order valence-corrected chi connectivity index (χ4v) is 2.06. The zero-order chi connectivity index (χ0) is 13.7. The Morgan fingerprint density at radius 2 is 2.42 bits per heavy atom. The molecule has 0 aliphatic heterocycles. The van der Waals surface area contributed by atoms with Gasteiger partial charge in [-0.25, -0.2) is 0 Å². The first kappa shape index (κ1) is 13.4. The number of anilines is 1. The summed E-state index contributed by atoms with van der Waals surface area (Å²) < 4.78 is 5.55. The Bertz CT molecular complexity index is 593. The third kappa shape index (κ3) is 3.46. The largest absolute Gasteiger partial charge is 0.420 e. The summed E-state index contributed by atoms with van der Waals surface area (Å²) in [5, 5.41) is 14.2. The number of hydrogen-bond acceptors (Lipinski definition) is 5. The summed E-state index contributed by atoms with van der Waals surface area (Å²) >= 11 is 1.64. The summed E-state index contributed by atoms with van der Waals surface area (Å²) in [6, 6.07) is 6.27. The van der Waals surface area contributed by atoms with Crippen molar-refractivity contribution in [1.29, 1.82) is 5.26 Å². The van der Waals surface area contributed by atoms with Gasteiger partial charge in [0.1, 0.15) is 6.07 Å². The predicted molar refractivity (Wildman–Crippen MR) is 77.8 cm³/mol. The first-order valence-electron chi connectivity index (χ1n) is 6.12. The molecule has 5 heteroatoms. The van der Waals surface area contributed by atoms with Crippen LogP contribution in [0, 0.1) is 11.3 Å². The maximum absolute atomic E-state index is 9.04. The predicted octanol–water partition coefficient (Wildman–Crippen LogP) is 3.99. The van der Waals surface area contributed by atoms with Crippen LogP contribution >= 0.6 is 11.3 Å². The Morgan fingerprint density at radius 1 is 1.58 bits per heavy atom. The van der Waals surface area contributed by atoms with Crippen molar-refractivity contribution in [3.05, 3.63) is 34.0 Å². The highest BCUT2D eigenvalue weighted by atomic mass is 32.1. The molecule has 0 aliphatic rings. The molecule has 2 aromatic heterocycles. The van der Waals surface area contributed by atoms with Gasteiger partial charge in [0, 0.05) is 17.0 Å². The normalized spacial score (nSPS) is 12.5. The second-order valence-corrected chi connectivity index (χ2v) is 5.12. The van der Waals surface area contributed by atoms with Crippen LogP contribution in [0.15, 0.2) is 21.9 Å². The van der Waals surface area contributed by atoms with Gasteiger partial charge >= 0.3 is 0 Å². The number of aromatic nitrogens is 1. The van der Waals surface area contributed by atoms with Crippen LogP contribution in [0.5, 0.6) is 0 Å². The molecular formula is C14H15N3OS. The molecule has 19 heavy (non-hydrogen) atoms. The van der Waals surface area contributed by atoms with E-state index < -0.39 is 0 Å². The van der Waals surface area contributed by atoms with Crippen molar-refractivity contribution >= 4 is 29.4 Å². The van der Waals surface area contributed by atoms with Gasteiger partial charge in [-0.1, -0.05) is 13.0 Å². The lowest BCUT2D eigenvalue weighted by atomic mass is 10.2. The van der Waals surface area contributed by atoms with Crippen molar-refractivity contribution < 1.29 is 4.42 Å². The molecule has 2 aromatic rings. The van der Waals surface area contributed by atoms with Crippen molar-refractivity contribution in [2.75, 3.05) is 5.32 Å². The van der Waals surface area contributed by atoms with E-state index in [1.807, 2.05) is 36.6 Å². The summed E-state index contributed by atoms with van der Waals surface area (Å²) in [4.78, 5) is 5.26. The first-order valence-corrected chi connectivity index (χ1v) is 7.00. The molecule has 2 rings (SSSR count). The second kappa shape index (κ2) is 6.21. The number of rotatable bonds is 5. The van der Waals surface area contributed by atoms with Crippen LogP contribution in [0.1, 0.15) is 36.7 Å². The molecule has 1 atom stereocenters. The molecule has 2 heterocycles. The summed E-state index contributed by atoms with van der Waals surface area (Å²) in [6.07, 6.45) is 4.64. The van der Waals surface area contributed by atoms with Crippen molar-refractivity contribution in [3.63, 3.8) is 0 Å². The Morgan fingerprint density at radius 3 is 3.05 bits per heavy atom. The minimum atomic E-state index is 0.245. The van der Waals surface area contributed by atoms with Gasteiger partial charge in [-0.2, -0.15) is 10.2 Å². The van der Waals surface area contributed by atoms with Crippen molar-refractivity contribution in [3.8, 4) is 6.07 Å². The van der Waals surface area contributed by atoms with E-state index in [-0.39, 0.29) is 6.04 Å². The monoisotopic (exact) mass is 273 g/mol. The van der Waals surface area contributed by atoms with E-state index in [9.17, 15) is 0 Å². The van der Waals surface area contributed by atoms with Gasteiger partial charge in [-0.05, 0) is 30.9 Å². The SMILES string of the molecule is CC[C@H](C)Nc1oc(/C=C/c2cccs2)nc1C#N. The lowest BCUT2D eigenvalue weighted by Crippen LogP contribution is -2.13. The van der Waals surface area contributed by atoms with Crippen LogP contribution in [0.2, 0.25) is 0 Å². The smallest absolute Gasteiger partial charge is 0.232 e. The number of nitrogens with zero attached hydrogens (tertiary/aromatic N) is 2. The second-order valence-electron chi connectivity index (χ2n) is 4.14. The highest BCUT2D eigenvalue weighted by Crippen LogP contribution is 2.20. The molecular weight excluding hydrogens is 258 g/mol. The summed E-state index contributed by atoms with van der Waals surface area (Å²) in [6.45, 7) is 4.10. The van der Waals surface area contributed by atoms with Gasteiger partial charge in [-0.15, -0.1) is 11.3 Å². The number of hydrogen-bond donors (Lipinski definition) is 1. The molecule has 0 bridgehead atoms. The topological polar surface area (TPSA) is 61.9 Å². The number of nitriles is 1. The standard InChI is InChI=1S/C14H15N3OS/c1-3-10(2)16-14-12(9-15)17-13(18-14)7-6-11-5-4-8-19-11/h4-8,10,16H,3H2,1-2H3/b7-6+/t10-/m0/s1. The van der Waals surface area contributed by atoms with Gasteiger partial charge in [-0.3, -0.25) is 0 Å². The van der Waals surface area contributed by atoms with Crippen LogP contribution < -0.4 is 5.32 Å². The molecule has 0 aliphatic carbocycles. The van der Waals surface area contributed by atoms with Crippen LogP contribution in [0.25, 0.3) is 12.2 Å². The number of nitrogens with one attached hydrogen (secondary N) is 1. The van der Waals surface area contributed by atoms with Crippen molar-refractivity contribution in [2.45, 2.75) is 26.3 Å². The van der Waals surface area contributed by atoms with Gasteiger partial charge in [0.05, 0.1) is 0 Å².